The lowest BCUT2D eigenvalue weighted by molar-refractivity contribution is 0.509. The van der Waals surface area contributed by atoms with E-state index in [1.807, 2.05) is 0 Å². The first-order valence-electron chi connectivity index (χ1n) is 6.53. The summed E-state index contributed by atoms with van der Waals surface area (Å²) in [5.74, 6) is 0.276. The molecule has 2 aromatic heterocycles. The fourth-order valence-corrected chi connectivity index (χ4v) is 2.61. The summed E-state index contributed by atoms with van der Waals surface area (Å²) in [6, 6.07) is 2.16. The molecule has 0 saturated heterocycles. The first kappa shape index (κ1) is 13.4. The van der Waals surface area contributed by atoms with Crippen LogP contribution < -0.4 is 5.32 Å². The number of hydrogen-bond donors (Lipinski definition) is 1. The molecule has 6 nitrogen and oxygen atoms in total. The third kappa shape index (κ3) is 3.73. The van der Waals surface area contributed by atoms with Gasteiger partial charge in [-0.05, 0) is 34.9 Å². The van der Waals surface area contributed by atoms with Crippen LogP contribution in [0.1, 0.15) is 18.4 Å². The monoisotopic (exact) mass is 294 g/mol. The second-order valence-corrected chi connectivity index (χ2v) is 5.66. The molecular weight excluding hydrogens is 279 g/mol. The van der Waals surface area contributed by atoms with Crippen molar-refractivity contribution < 1.29 is 4.39 Å². The number of thioether (sulfide) groups is 1. The Kier molecular flexibility index (Phi) is 4.22. The molecule has 0 radical (unpaired) electrons. The number of pyridine rings is 1. The molecule has 1 saturated carbocycles. The lowest BCUT2D eigenvalue weighted by Crippen LogP contribution is -2.22. The summed E-state index contributed by atoms with van der Waals surface area (Å²) in [6.07, 6.45) is 5.38. The van der Waals surface area contributed by atoms with Gasteiger partial charge in [0.1, 0.15) is 5.82 Å². The first-order chi connectivity index (χ1) is 9.81. The van der Waals surface area contributed by atoms with Gasteiger partial charge in [-0.3, -0.25) is 4.98 Å². The van der Waals surface area contributed by atoms with Gasteiger partial charge in [0, 0.05) is 24.5 Å². The summed E-state index contributed by atoms with van der Waals surface area (Å²) in [5.41, 5.74) is 0.820. The summed E-state index contributed by atoms with van der Waals surface area (Å²) in [6.45, 7) is 1.61. The van der Waals surface area contributed by atoms with Crippen LogP contribution in [0.25, 0.3) is 0 Å². The second kappa shape index (κ2) is 6.27. The van der Waals surface area contributed by atoms with E-state index in [0.29, 0.717) is 11.8 Å². The van der Waals surface area contributed by atoms with Crippen molar-refractivity contribution in [1.82, 2.24) is 30.5 Å². The average Bonchev–Trinajstić information content (AvgIpc) is 3.15. The lowest BCUT2D eigenvalue weighted by atomic mass is 10.3. The van der Waals surface area contributed by atoms with Crippen molar-refractivity contribution in [3.63, 3.8) is 0 Å². The minimum absolute atomic E-state index is 0.323. The van der Waals surface area contributed by atoms with Crippen molar-refractivity contribution in [3.05, 3.63) is 29.8 Å². The molecule has 1 aliphatic rings. The van der Waals surface area contributed by atoms with Crippen LogP contribution in [0.15, 0.2) is 23.6 Å². The number of aromatic nitrogens is 5. The Bertz CT molecular complexity index is 571. The zero-order chi connectivity index (χ0) is 13.8. The Labute approximate surface area is 120 Å². The highest BCUT2D eigenvalue weighted by Gasteiger charge is 2.20. The molecule has 0 amide bonds. The molecular formula is C12H15FN6S. The highest BCUT2D eigenvalue weighted by Crippen LogP contribution is 2.20. The van der Waals surface area contributed by atoms with Crippen LogP contribution in [0, 0.1) is 5.82 Å². The summed E-state index contributed by atoms with van der Waals surface area (Å²) in [4.78, 5) is 3.83. The van der Waals surface area contributed by atoms with E-state index < -0.39 is 0 Å². The molecule has 1 fully saturated rings. The van der Waals surface area contributed by atoms with Crippen molar-refractivity contribution in [2.24, 2.45) is 0 Å². The highest BCUT2D eigenvalue weighted by molar-refractivity contribution is 7.98. The molecule has 20 heavy (non-hydrogen) atoms. The molecule has 0 aliphatic heterocycles. The van der Waals surface area contributed by atoms with Gasteiger partial charge in [0.05, 0.1) is 12.7 Å². The molecule has 0 unspecified atom stereocenters. The van der Waals surface area contributed by atoms with Crippen LogP contribution in [0.5, 0.6) is 0 Å². The Morgan fingerprint density at radius 3 is 3.10 bits per heavy atom. The van der Waals surface area contributed by atoms with Crippen molar-refractivity contribution in [3.8, 4) is 0 Å². The van der Waals surface area contributed by atoms with E-state index in [0.717, 1.165) is 23.8 Å². The predicted molar refractivity (Wildman–Crippen MR) is 72.6 cm³/mol. The number of nitrogens with zero attached hydrogens (tertiary/aromatic N) is 5. The van der Waals surface area contributed by atoms with Crippen molar-refractivity contribution in [1.29, 1.82) is 0 Å². The topological polar surface area (TPSA) is 68.5 Å². The van der Waals surface area contributed by atoms with E-state index in [1.165, 1.54) is 36.9 Å². The van der Waals surface area contributed by atoms with E-state index in [4.69, 9.17) is 0 Å². The minimum atomic E-state index is -0.323. The van der Waals surface area contributed by atoms with Gasteiger partial charge in [0.15, 0.2) is 0 Å². The van der Waals surface area contributed by atoms with E-state index >= 15 is 0 Å². The van der Waals surface area contributed by atoms with Crippen LogP contribution in [-0.4, -0.2) is 37.8 Å². The van der Waals surface area contributed by atoms with Crippen molar-refractivity contribution in [2.45, 2.75) is 36.3 Å². The van der Waals surface area contributed by atoms with Crippen molar-refractivity contribution >= 4 is 11.8 Å². The summed E-state index contributed by atoms with van der Waals surface area (Å²) >= 11 is 1.48. The third-order valence-electron chi connectivity index (χ3n) is 2.96. The molecule has 3 rings (SSSR count). The normalized spacial score (nSPS) is 14.7. The first-order valence-corrected chi connectivity index (χ1v) is 7.51. The zero-order valence-corrected chi connectivity index (χ0v) is 11.7. The van der Waals surface area contributed by atoms with Crippen LogP contribution in [-0.2, 0) is 12.3 Å². The molecule has 0 spiro atoms. The number of tetrazole rings is 1. The van der Waals surface area contributed by atoms with Crippen LogP contribution in [0.4, 0.5) is 4.39 Å². The van der Waals surface area contributed by atoms with Crippen LogP contribution >= 0.6 is 11.8 Å². The molecule has 8 heteroatoms. The standard InChI is InChI=1S/C12H15FN6S/c13-10-5-9(6-14-7-10)8-20-12-16-17-18-19(12)4-3-15-11-1-2-11/h5-7,11,15H,1-4,8H2. The smallest absolute Gasteiger partial charge is 0.209 e. The number of nitrogens with one attached hydrogen (secondary N) is 1. The maximum atomic E-state index is 13.0. The highest BCUT2D eigenvalue weighted by atomic mass is 32.2. The van der Waals surface area contributed by atoms with Gasteiger partial charge in [0.2, 0.25) is 5.16 Å². The van der Waals surface area contributed by atoms with Crippen molar-refractivity contribution in [2.75, 3.05) is 6.54 Å². The Morgan fingerprint density at radius 2 is 2.30 bits per heavy atom. The van der Waals surface area contributed by atoms with Crippen LogP contribution in [0.2, 0.25) is 0 Å². The van der Waals surface area contributed by atoms with E-state index in [1.54, 1.807) is 10.9 Å². The summed E-state index contributed by atoms with van der Waals surface area (Å²) < 4.78 is 14.8. The predicted octanol–water partition coefficient (Wildman–Crippen LogP) is 1.25. The number of hydrogen-bond acceptors (Lipinski definition) is 6. The average molecular weight is 294 g/mol. The largest absolute Gasteiger partial charge is 0.312 e. The molecule has 0 atom stereocenters. The molecule has 106 valence electrons. The van der Waals surface area contributed by atoms with Crippen LogP contribution in [0.3, 0.4) is 0 Å². The molecule has 1 aliphatic carbocycles. The quantitative estimate of drug-likeness (QED) is 0.775. The summed E-state index contributed by atoms with van der Waals surface area (Å²) in [7, 11) is 0. The van der Waals surface area contributed by atoms with Gasteiger partial charge < -0.3 is 5.32 Å². The molecule has 0 bridgehead atoms. The lowest BCUT2D eigenvalue weighted by Gasteiger charge is -2.05. The van der Waals surface area contributed by atoms with Gasteiger partial charge in [-0.2, -0.15) is 0 Å². The number of halogens is 1. The molecule has 1 N–H and O–H groups in total. The van der Waals surface area contributed by atoms with Gasteiger partial charge in [-0.25, -0.2) is 9.07 Å². The summed E-state index contributed by atoms with van der Waals surface area (Å²) in [5, 5.41) is 15.8. The van der Waals surface area contributed by atoms with E-state index in [2.05, 4.69) is 25.8 Å². The molecule has 2 aromatic rings. The van der Waals surface area contributed by atoms with E-state index in [9.17, 15) is 4.39 Å². The number of rotatable bonds is 7. The van der Waals surface area contributed by atoms with Gasteiger partial charge in [-0.1, -0.05) is 11.8 Å². The Hall–Kier alpha value is -1.54. The van der Waals surface area contributed by atoms with Gasteiger partial charge >= 0.3 is 0 Å². The SMILES string of the molecule is Fc1cncc(CSc2nnnn2CCNC2CC2)c1. The third-order valence-corrected chi connectivity index (χ3v) is 3.99. The van der Waals surface area contributed by atoms with E-state index in [-0.39, 0.29) is 5.82 Å². The maximum absolute atomic E-state index is 13.0. The van der Waals surface area contributed by atoms with Gasteiger partial charge in [0.25, 0.3) is 0 Å². The minimum Gasteiger partial charge on any atom is -0.312 e. The van der Waals surface area contributed by atoms with Gasteiger partial charge in [-0.15, -0.1) is 5.10 Å². The molecule has 2 heterocycles. The zero-order valence-electron chi connectivity index (χ0n) is 10.9. The Balaban J connectivity index is 1.52. The second-order valence-electron chi connectivity index (χ2n) is 4.71. The Morgan fingerprint density at radius 1 is 1.40 bits per heavy atom. The molecule has 0 aromatic carbocycles. The fourth-order valence-electron chi connectivity index (χ4n) is 1.78. The fraction of sp³-hybridized carbons (Fsp3) is 0.500. The maximum Gasteiger partial charge on any atom is 0.209 e.